The van der Waals surface area contributed by atoms with Crippen molar-refractivity contribution in [2.45, 2.75) is 38.2 Å². The van der Waals surface area contributed by atoms with Crippen molar-refractivity contribution in [1.29, 1.82) is 0 Å². The van der Waals surface area contributed by atoms with Gasteiger partial charge >= 0.3 is 0 Å². The van der Waals surface area contributed by atoms with Gasteiger partial charge in [0.1, 0.15) is 0 Å². The number of nitrogens with two attached hydrogens (primary N) is 1. The fraction of sp³-hybridized carbons (Fsp3) is 0.917. The molecule has 4 heteroatoms. The SMILES string of the molecule is COC1CCN(C(=O)C2(CN)CCCC2)C1. The second-order valence-corrected chi connectivity index (χ2v) is 5.09. The zero-order chi connectivity index (χ0) is 11.6. The molecule has 0 aromatic heterocycles. The minimum Gasteiger partial charge on any atom is -0.380 e. The maximum atomic E-state index is 12.5. The molecule has 4 nitrogen and oxygen atoms in total. The van der Waals surface area contributed by atoms with E-state index in [1.807, 2.05) is 4.90 Å². The molecular formula is C12H22N2O2. The molecule has 1 amide bonds. The van der Waals surface area contributed by atoms with Gasteiger partial charge in [0, 0.05) is 26.7 Å². The third kappa shape index (κ3) is 1.96. The Kier molecular flexibility index (Phi) is 3.50. The number of hydrogen-bond acceptors (Lipinski definition) is 3. The topological polar surface area (TPSA) is 55.6 Å². The molecule has 0 spiro atoms. The summed E-state index contributed by atoms with van der Waals surface area (Å²) >= 11 is 0. The van der Waals surface area contributed by atoms with Gasteiger partial charge < -0.3 is 15.4 Å². The van der Waals surface area contributed by atoms with Crippen LogP contribution in [0.2, 0.25) is 0 Å². The zero-order valence-electron chi connectivity index (χ0n) is 10.1. The minimum absolute atomic E-state index is 0.222. The summed E-state index contributed by atoms with van der Waals surface area (Å²) < 4.78 is 5.30. The van der Waals surface area contributed by atoms with Gasteiger partial charge in [0.05, 0.1) is 11.5 Å². The lowest BCUT2D eigenvalue weighted by Crippen LogP contribution is -2.46. The van der Waals surface area contributed by atoms with Crippen molar-refractivity contribution in [3.63, 3.8) is 0 Å². The Morgan fingerprint density at radius 1 is 1.50 bits per heavy atom. The highest BCUT2D eigenvalue weighted by Crippen LogP contribution is 2.39. The van der Waals surface area contributed by atoms with E-state index in [9.17, 15) is 4.79 Å². The van der Waals surface area contributed by atoms with Gasteiger partial charge in [0.25, 0.3) is 0 Å². The van der Waals surface area contributed by atoms with Crippen LogP contribution in [0.15, 0.2) is 0 Å². The molecule has 1 aliphatic heterocycles. The van der Waals surface area contributed by atoms with E-state index < -0.39 is 0 Å². The standard InChI is InChI=1S/C12H22N2O2/c1-16-10-4-7-14(8-10)11(15)12(9-13)5-2-3-6-12/h10H,2-9,13H2,1H3. The van der Waals surface area contributed by atoms with Crippen molar-refractivity contribution in [3.8, 4) is 0 Å². The lowest BCUT2D eigenvalue weighted by molar-refractivity contribution is -0.140. The molecule has 1 heterocycles. The van der Waals surface area contributed by atoms with E-state index in [1.54, 1.807) is 7.11 Å². The van der Waals surface area contributed by atoms with Crippen LogP contribution in [0.1, 0.15) is 32.1 Å². The molecule has 0 bridgehead atoms. The molecule has 2 aliphatic rings. The van der Waals surface area contributed by atoms with Crippen molar-refractivity contribution in [2.24, 2.45) is 11.1 Å². The second kappa shape index (κ2) is 4.72. The summed E-state index contributed by atoms with van der Waals surface area (Å²) in [5.74, 6) is 0.270. The molecule has 16 heavy (non-hydrogen) atoms. The van der Waals surface area contributed by atoms with Crippen LogP contribution in [-0.4, -0.2) is 43.7 Å². The number of hydrogen-bond donors (Lipinski definition) is 1. The first kappa shape index (κ1) is 11.9. The summed E-state index contributed by atoms with van der Waals surface area (Å²) in [4.78, 5) is 14.4. The zero-order valence-corrected chi connectivity index (χ0v) is 10.1. The van der Waals surface area contributed by atoms with Crippen LogP contribution in [0.25, 0.3) is 0 Å². The lowest BCUT2D eigenvalue weighted by Gasteiger charge is -2.31. The molecule has 0 radical (unpaired) electrons. The highest BCUT2D eigenvalue weighted by Gasteiger charge is 2.43. The summed E-state index contributed by atoms with van der Waals surface area (Å²) in [5.41, 5.74) is 5.58. The number of likely N-dealkylation sites (tertiary alicyclic amines) is 1. The van der Waals surface area contributed by atoms with E-state index in [4.69, 9.17) is 10.5 Å². The predicted octanol–water partition coefficient (Wildman–Crippen LogP) is 0.753. The van der Waals surface area contributed by atoms with Crippen molar-refractivity contribution in [3.05, 3.63) is 0 Å². The number of methoxy groups -OCH3 is 1. The average molecular weight is 226 g/mol. The van der Waals surface area contributed by atoms with E-state index >= 15 is 0 Å². The van der Waals surface area contributed by atoms with E-state index in [0.717, 1.165) is 45.2 Å². The molecule has 1 aliphatic carbocycles. The normalized spacial score (nSPS) is 28.6. The minimum atomic E-state index is -0.247. The van der Waals surface area contributed by atoms with Crippen LogP contribution in [0, 0.1) is 5.41 Å². The van der Waals surface area contributed by atoms with E-state index in [-0.39, 0.29) is 17.4 Å². The largest absolute Gasteiger partial charge is 0.380 e. The number of ether oxygens (including phenoxy) is 1. The number of carbonyl (C=O) groups excluding carboxylic acids is 1. The Balaban J connectivity index is 2.01. The van der Waals surface area contributed by atoms with Gasteiger partial charge in [-0.3, -0.25) is 4.79 Å². The number of amides is 1. The van der Waals surface area contributed by atoms with Gasteiger partial charge in [-0.05, 0) is 19.3 Å². The van der Waals surface area contributed by atoms with Gasteiger partial charge in [-0.2, -0.15) is 0 Å². The van der Waals surface area contributed by atoms with Gasteiger partial charge in [-0.15, -0.1) is 0 Å². The van der Waals surface area contributed by atoms with Crippen LogP contribution >= 0.6 is 0 Å². The predicted molar refractivity (Wildman–Crippen MR) is 61.9 cm³/mol. The number of nitrogens with zero attached hydrogens (tertiary/aromatic N) is 1. The van der Waals surface area contributed by atoms with E-state index in [2.05, 4.69) is 0 Å². The second-order valence-electron chi connectivity index (χ2n) is 5.09. The molecule has 0 aromatic rings. The van der Waals surface area contributed by atoms with Crippen LogP contribution in [-0.2, 0) is 9.53 Å². The van der Waals surface area contributed by atoms with Crippen LogP contribution in [0.4, 0.5) is 0 Å². The van der Waals surface area contributed by atoms with Crippen molar-refractivity contribution in [1.82, 2.24) is 4.90 Å². The lowest BCUT2D eigenvalue weighted by atomic mass is 9.85. The maximum Gasteiger partial charge on any atom is 0.230 e. The van der Waals surface area contributed by atoms with Gasteiger partial charge in [-0.25, -0.2) is 0 Å². The Morgan fingerprint density at radius 2 is 2.19 bits per heavy atom. The van der Waals surface area contributed by atoms with Crippen LogP contribution in [0.3, 0.4) is 0 Å². The Bertz CT molecular complexity index is 262. The summed E-state index contributed by atoms with van der Waals surface area (Å²) in [6.07, 6.45) is 5.41. The first-order valence-corrected chi connectivity index (χ1v) is 6.24. The fourth-order valence-corrected chi connectivity index (χ4v) is 3.00. The monoisotopic (exact) mass is 226 g/mol. The highest BCUT2D eigenvalue weighted by atomic mass is 16.5. The van der Waals surface area contributed by atoms with Crippen LogP contribution in [0.5, 0.6) is 0 Å². The fourth-order valence-electron chi connectivity index (χ4n) is 3.00. The summed E-state index contributed by atoms with van der Waals surface area (Å²) in [7, 11) is 1.72. The average Bonchev–Trinajstić information content (AvgIpc) is 2.98. The highest BCUT2D eigenvalue weighted by molar-refractivity contribution is 5.83. The summed E-state index contributed by atoms with van der Waals surface area (Å²) in [5, 5.41) is 0. The van der Waals surface area contributed by atoms with Crippen LogP contribution < -0.4 is 5.73 Å². The number of rotatable bonds is 3. The smallest absolute Gasteiger partial charge is 0.230 e. The van der Waals surface area contributed by atoms with Crippen molar-refractivity contribution in [2.75, 3.05) is 26.7 Å². The molecule has 92 valence electrons. The molecule has 1 saturated heterocycles. The quantitative estimate of drug-likeness (QED) is 0.772. The van der Waals surface area contributed by atoms with Gasteiger partial charge in [0.2, 0.25) is 5.91 Å². The first-order valence-electron chi connectivity index (χ1n) is 6.24. The van der Waals surface area contributed by atoms with Crippen molar-refractivity contribution >= 4 is 5.91 Å². The molecule has 2 rings (SSSR count). The Morgan fingerprint density at radius 3 is 2.69 bits per heavy atom. The van der Waals surface area contributed by atoms with E-state index in [1.165, 1.54) is 0 Å². The third-order valence-electron chi connectivity index (χ3n) is 4.17. The van der Waals surface area contributed by atoms with Gasteiger partial charge in [0.15, 0.2) is 0 Å². The van der Waals surface area contributed by atoms with Crippen molar-refractivity contribution < 1.29 is 9.53 Å². The number of carbonyl (C=O) groups is 1. The third-order valence-corrected chi connectivity index (χ3v) is 4.17. The van der Waals surface area contributed by atoms with E-state index in [0.29, 0.717) is 6.54 Å². The first-order chi connectivity index (χ1) is 7.72. The summed E-state index contributed by atoms with van der Waals surface area (Å²) in [6, 6.07) is 0. The molecule has 2 N–H and O–H groups in total. The Hall–Kier alpha value is -0.610. The molecular weight excluding hydrogens is 204 g/mol. The Labute approximate surface area is 97.1 Å². The molecule has 1 atom stereocenters. The molecule has 2 fully saturated rings. The summed E-state index contributed by atoms with van der Waals surface area (Å²) in [6.45, 7) is 2.08. The molecule has 0 aromatic carbocycles. The van der Waals surface area contributed by atoms with Gasteiger partial charge in [-0.1, -0.05) is 12.8 Å². The molecule has 1 saturated carbocycles. The maximum absolute atomic E-state index is 12.5. The molecule has 1 unspecified atom stereocenters.